The molecule has 0 radical (unpaired) electrons. The molecule has 0 rings (SSSR count). The Morgan fingerprint density at radius 2 is 0.795 bits per heavy atom. The van der Waals surface area contributed by atoms with Crippen LogP contribution < -0.4 is 10.6 Å². The summed E-state index contributed by atoms with van der Waals surface area (Å²) in [7, 11) is 7.20. The second-order valence-corrected chi connectivity index (χ2v) is 9.81. The molecule has 0 unspecified atom stereocenters. The summed E-state index contributed by atoms with van der Waals surface area (Å²) in [6, 6.07) is 0. The van der Waals surface area contributed by atoms with Crippen molar-refractivity contribution in [1.82, 2.24) is 0 Å². The monoisotopic (exact) mass is 628 g/mol. The van der Waals surface area contributed by atoms with E-state index in [4.69, 9.17) is 28.4 Å². The second-order valence-electron chi connectivity index (χ2n) is 9.81. The topological polar surface area (TPSA) is 191 Å². The van der Waals surface area contributed by atoms with Gasteiger partial charge < -0.3 is 39.1 Å². The lowest BCUT2D eigenvalue weighted by Crippen LogP contribution is -2.77. The van der Waals surface area contributed by atoms with Crippen molar-refractivity contribution in [3.63, 3.8) is 0 Å². The van der Waals surface area contributed by atoms with E-state index in [1.165, 1.54) is 38.3 Å². The van der Waals surface area contributed by atoms with Crippen LogP contribution in [0.25, 0.3) is 0 Å². The third kappa shape index (κ3) is 13.7. The number of nitrogens with two attached hydrogens (primary N) is 2. The molecule has 0 heterocycles. The van der Waals surface area contributed by atoms with E-state index in [-0.39, 0.29) is 37.1 Å². The molecule has 0 aromatic carbocycles. The Labute approximate surface area is 259 Å². The number of hydrogen-bond donors (Lipinski definition) is 2. The van der Waals surface area contributed by atoms with Crippen LogP contribution in [0.2, 0.25) is 0 Å². The largest absolute Gasteiger partial charge is 0.455 e. The molecule has 4 atom stereocenters. The number of ether oxygens (including phenoxy) is 6. The molecule has 0 aromatic rings. The number of quaternary nitrogens is 2. The zero-order chi connectivity index (χ0) is 34.0. The van der Waals surface area contributed by atoms with Crippen LogP contribution in [0, 0.1) is 14.1 Å². The van der Waals surface area contributed by atoms with Gasteiger partial charge in [0, 0.05) is 25.7 Å². The van der Waals surface area contributed by atoms with Crippen molar-refractivity contribution in [2.24, 2.45) is 0 Å². The van der Waals surface area contributed by atoms with Gasteiger partial charge in [0.1, 0.15) is 13.2 Å². The first-order valence-corrected chi connectivity index (χ1v) is 14.4. The Morgan fingerprint density at radius 1 is 0.523 bits per heavy atom. The standard InChI is InChI=1S/C30H48N2O12/c1-11-21(33)41-19(15-39-29(37)25(31-9)17(5)6)27(43-23(35)13-3)28(44-24(36)14-4)20(42-22(34)12-2)16-40-30(38)26(32-10)18(7)8/h19-20,27-28H,9-16,31-32H2,1-8H3/t19-,20-,27-,28-/m1/s1. The number of carbonyl (C=O) groups is 6. The van der Waals surface area contributed by atoms with Crippen LogP contribution in [0.15, 0.2) is 22.5 Å². The SMILES string of the molecule is [CH2-][NH2+]C(C(=O)OC[C@@H](OC(=O)CC)[C@@H](OC(=O)CC)[C@H](OC(=O)CC)[C@@H](COC(=O)C([NH2+][CH2-])=C(C)C)OC(=O)CC)=C(C)C. The minimum Gasteiger partial charge on any atom is -0.455 e. The molecule has 14 nitrogen and oxygen atoms in total. The number of rotatable bonds is 19. The van der Waals surface area contributed by atoms with Crippen LogP contribution in [0.1, 0.15) is 81.1 Å². The van der Waals surface area contributed by atoms with Gasteiger partial charge in [-0.3, -0.25) is 19.2 Å². The van der Waals surface area contributed by atoms with Gasteiger partial charge in [0.15, 0.2) is 35.8 Å². The maximum absolute atomic E-state index is 12.8. The van der Waals surface area contributed by atoms with Gasteiger partial charge in [0.2, 0.25) is 0 Å². The van der Waals surface area contributed by atoms with E-state index >= 15 is 0 Å². The summed E-state index contributed by atoms with van der Waals surface area (Å²) >= 11 is 0. The predicted molar refractivity (Wildman–Crippen MR) is 154 cm³/mol. The highest BCUT2D eigenvalue weighted by Crippen LogP contribution is 2.22. The van der Waals surface area contributed by atoms with Crippen molar-refractivity contribution in [3.8, 4) is 0 Å². The van der Waals surface area contributed by atoms with E-state index in [0.29, 0.717) is 11.1 Å². The number of hydrogen-bond acceptors (Lipinski definition) is 12. The van der Waals surface area contributed by atoms with E-state index in [0.717, 1.165) is 0 Å². The molecule has 0 bridgehead atoms. The molecule has 14 heteroatoms. The second kappa shape index (κ2) is 21.0. The molecule has 0 saturated heterocycles. The molecule has 4 N–H and O–H groups in total. The average molecular weight is 629 g/mol. The smallest absolute Gasteiger partial charge is 0.390 e. The van der Waals surface area contributed by atoms with Gasteiger partial charge >= 0.3 is 35.8 Å². The maximum atomic E-state index is 12.8. The van der Waals surface area contributed by atoms with Crippen LogP contribution >= 0.6 is 0 Å². The lowest BCUT2D eigenvalue weighted by Gasteiger charge is -2.35. The van der Waals surface area contributed by atoms with Crippen LogP contribution in [0.3, 0.4) is 0 Å². The van der Waals surface area contributed by atoms with Gasteiger partial charge in [-0.05, 0) is 38.8 Å². The van der Waals surface area contributed by atoms with Crippen LogP contribution in [-0.2, 0) is 57.2 Å². The number of allylic oxidation sites excluding steroid dienone is 2. The molecule has 0 spiro atoms. The molecule has 0 aromatic heterocycles. The maximum Gasteiger partial charge on any atom is 0.390 e. The van der Waals surface area contributed by atoms with E-state index in [1.54, 1.807) is 27.7 Å². The van der Waals surface area contributed by atoms with Gasteiger partial charge in [-0.15, -0.1) is 14.1 Å². The third-order valence-corrected chi connectivity index (χ3v) is 5.99. The molecule has 0 fully saturated rings. The van der Waals surface area contributed by atoms with E-state index < -0.39 is 73.4 Å². The molecule has 0 saturated carbocycles. The first-order chi connectivity index (χ1) is 20.7. The molecule has 0 aliphatic rings. The van der Waals surface area contributed by atoms with Gasteiger partial charge in [-0.2, -0.15) is 0 Å². The Kier molecular flexibility index (Phi) is 19.2. The normalized spacial score (nSPS) is 13.2. The summed E-state index contributed by atoms with van der Waals surface area (Å²) in [5.74, 6) is -4.73. The van der Waals surface area contributed by atoms with E-state index in [1.807, 2.05) is 0 Å². The highest BCUT2D eigenvalue weighted by Gasteiger charge is 2.45. The first-order valence-electron chi connectivity index (χ1n) is 14.4. The Bertz CT molecular complexity index is 990. The molecule has 250 valence electrons. The zero-order valence-corrected chi connectivity index (χ0v) is 27.0. The lowest BCUT2D eigenvalue weighted by atomic mass is 10.0. The summed E-state index contributed by atoms with van der Waals surface area (Å²) in [5, 5.41) is 2.59. The van der Waals surface area contributed by atoms with Gasteiger partial charge in [0.05, 0.1) is 0 Å². The summed E-state index contributed by atoms with van der Waals surface area (Å²) in [5.41, 5.74) is 1.50. The molecule has 0 amide bonds. The van der Waals surface area contributed by atoms with Crippen molar-refractivity contribution in [2.75, 3.05) is 13.2 Å². The fourth-order valence-corrected chi connectivity index (χ4v) is 3.53. The Hall–Kier alpha value is -3.78. The minimum absolute atomic E-state index is 0.108. The zero-order valence-electron chi connectivity index (χ0n) is 27.0. The summed E-state index contributed by atoms with van der Waals surface area (Å²) in [6.07, 6.45) is -6.93. The predicted octanol–water partition coefficient (Wildman–Crippen LogP) is 0.658. The highest BCUT2D eigenvalue weighted by molar-refractivity contribution is 5.86. The third-order valence-electron chi connectivity index (χ3n) is 5.99. The lowest BCUT2D eigenvalue weighted by molar-refractivity contribution is -0.539. The molecule has 0 aliphatic heterocycles. The molecule has 0 aliphatic carbocycles. The highest BCUT2D eigenvalue weighted by atomic mass is 16.6. The van der Waals surface area contributed by atoms with Crippen LogP contribution in [0.4, 0.5) is 0 Å². The summed E-state index contributed by atoms with van der Waals surface area (Å²) in [6.45, 7) is 11.4. The Morgan fingerprint density at radius 3 is 1.02 bits per heavy atom. The average Bonchev–Trinajstić information content (AvgIpc) is 2.98. The van der Waals surface area contributed by atoms with Crippen molar-refractivity contribution in [1.29, 1.82) is 0 Å². The van der Waals surface area contributed by atoms with Crippen LogP contribution in [-0.4, -0.2) is 73.4 Å². The number of carbonyl (C=O) groups excluding carboxylic acids is 6. The van der Waals surface area contributed by atoms with Gasteiger partial charge in [-0.1, -0.05) is 27.7 Å². The molecular formula is C30H48N2O12. The quantitative estimate of drug-likeness (QED) is 0.0880. The first kappa shape index (κ1) is 40.2. The molecule has 44 heavy (non-hydrogen) atoms. The van der Waals surface area contributed by atoms with Crippen molar-refractivity contribution in [3.05, 3.63) is 36.6 Å². The van der Waals surface area contributed by atoms with E-state index in [9.17, 15) is 28.8 Å². The van der Waals surface area contributed by atoms with Crippen LogP contribution in [0.5, 0.6) is 0 Å². The van der Waals surface area contributed by atoms with Gasteiger partial charge in [0.25, 0.3) is 0 Å². The van der Waals surface area contributed by atoms with Crippen molar-refractivity contribution >= 4 is 35.8 Å². The van der Waals surface area contributed by atoms with Crippen molar-refractivity contribution in [2.45, 2.75) is 105 Å². The summed E-state index contributed by atoms with van der Waals surface area (Å²) < 4.78 is 33.1. The Balaban J connectivity index is 7.01. The fraction of sp³-hybridized carbons (Fsp3) is 0.600. The summed E-state index contributed by atoms with van der Waals surface area (Å²) in [4.78, 5) is 75.9. The number of esters is 6. The molecular weight excluding hydrogens is 580 g/mol. The van der Waals surface area contributed by atoms with Crippen molar-refractivity contribution < 1.29 is 67.8 Å². The van der Waals surface area contributed by atoms with Gasteiger partial charge in [-0.25, -0.2) is 9.59 Å². The van der Waals surface area contributed by atoms with E-state index in [2.05, 4.69) is 14.1 Å². The minimum atomic E-state index is -1.67. The fourth-order valence-electron chi connectivity index (χ4n) is 3.53.